The first kappa shape index (κ1) is 11.2. The highest BCUT2D eigenvalue weighted by Gasteiger charge is 2.58. The van der Waals surface area contributed by atoms with Crippen LogP contribution in [0.25, 0.3) is 0 Å². The van der Waals surface area contributed by atoms with Gasteiger partial charge in [0.1, 0.15) is 5.03 Å². The van der Waals surface area contributed by atoms with Gasteiger partial charge >= 0.3 is 0 Å². The quantitative estimate of drug-likeness (QED) is 0.651. The van der Waals surface area contributed by atoms with Crippen LogP contribution in [0.4, 0.5) is 0 Å². The number of likely N-dealkylation sites (N-methyl/N-ethyl adjacent to an activating group) is 1. The summed E-state index contributed by atoms with van der Waals surface area (Å²) in [6.07, 6.45) is 0. The Bertz CT molecular complexity index is 334. The molecule has 15 heavy (non-hydrogen) atoms. The van der Waals surface area contributed by atoms with Crippen LogP contribution < -0.4 is 0 Å². The Morgan fingerprint density at radius 2 is 1.93 bits per heavy atom. The van der Waals surface area contributed by atoms with E-state index < -0.39 is 11.2 Å². The van der Waals surface area contributed by atoms with Crippen molar-refractivity contribution in [3.05, 3.63) is 10.7 Å². The Morgan fingerprint density at radius 1 is 1.40 bits per heavy atom. The number of allylic oxidation sites excluding steroid dienone is 1. The molecule has 1 aliphatic heterocycles. The number of carbonyl (C=O) groups excluding carboxylic acids is 1. The summed E-state index contributed by atoms with van der Waals surface area (Å²) in [5.74, 6) is -1.52. The Kier molecular flexibility index (Phi) is 2.71. The van der Waals surface area contributed by atoms with Gasteiger partial charge in [0.2, 0.25) is 5.79 Å². The normalized spacial score (nSPS) is 29.3. The topological polar surface area (TPSA) is 38.8 Å². The van der Waals surface area contributed by atoms with E-state index in [1.165, 1.54) is 0 Å². The lowest BCUT2D eigenvalue weighted by Gasteiger charge is -2.31. The Hall–Kier alpha value is -0.290. The van der Waals surface area contributed by atoms with Crippen LogP contribution in [0.5, 0.6) is 0 Å². The molecule has 1 spiro atoms. The minimum Gasteiger partial charge on any atom is -0.375 e. The number of ether oxygens (including phenoxy) is 2. The van der Waals surface area contributed by atoms with Crippen molar-refractivity contribution in [1.82, 2.24) is 4.90 Å². The highest BCUT2D eigenvalue weighted by molar-refractivity contribution is 6.50. The number of Topliss-reactive ketones (excluding diaryl/α,β-unsaturated/α-hetero) is 1. The molecule has 1 aliphatic carbocycles. The van der Waals surface area contributed by atoms with Gasteiger partial charge in [-0.2, -0.15) is 0 Å². The molecule has 2 rings (SSSR count). The van der Waals surface area contributed by atoms with E-state index in [0.717, 1.165) is 0 Å². The summed E-state index contributed by atoms with van der Waals surface area (Å²) in [6.45, 7) is 0.829. The molecule has 0 aromatic rings. The van der Waals surface area contributed by atoms with Gasteiger partial charge < -0.3 is 14.4 Å². The first-order chi connectivity index (χ1) is 7.00. The van der Waals surface area contributed by atoms with Crippen LogP contribution in [0, 0.1) is 0 Å². The van der Waals surface area contributed by atoms with Crippen molar-refractivity contribution in [2.75, 3.05) is 27.3 Å². The van der Waals surface area contributed by atoms with Gasteiger partial charge in [-0.25, -0.2) is 0 Å². The smallest absolute Gasteiger partial charge is 0.236 e. The lowest BCUT2D eigenvalue weighted by Crippen LogP contribution is -2.44. The zero-order valence-electron chi connectivity index (χ0n) is 8.42. The Labute approximate surface area is 97.7 Å². The maximum Gasteiger partial charge on any atom is 0.236 e. The molecule has 0 unspecified atom stereocenters. The van der Waals surface area contributed by atoms with E-state index >= 15 is 0 Å². The minimum absolute atomic E-state index is 0.0990. The molecule has 0 bridgehead atoms. The van der Waals surface area contributed by atoms with Crippen molar-refractivity contribution in [1.29, 1.82) is 0 Å². The summed E-state index contributed by atoms with van der Waals surface area (Å²) in [7, 11) is 3.54. The van der Waals surface area contributed by atoms with Crippen LogP contribution >= 0.6 is 23.2 Å². The van der Waals surface area contributed by atoms with E-state index in [1.54, 1.807) is 19.0 Å². The summed E-state index contributed by atoms with van der Waals surface area (Å²) in [5.41, 5.74) is 0.506. The maximum atomic E-state index is 11.7. The van der Waals surface area contributed by atoms with Crippen molar-refractivity contribution in [3.8, 4) is 0 Å². The van der Waals surface area contributed by atoms with Crippen molar-refractivity contribution < 1.29 is 14.3 Å². The van der Waals surface area contributed by atoms with Gasteiger partial charge in [0.05, 0.1) is 18.9 Å². The third-order valence-corrected chi connectivity index (χ3v) is 3.33. The first-order valence-corrected chi connectivity index (χ1v) is 5.36. The number of nitrogens with zero attached hydrogens (tertiary/aromatic N) is 1. The van der Waals surface area contributed by atoms with E-state index in [2.05, 4.69) is 0 Å². The van der Waals surface area contributed by atoms with Crippen LogP contribution in [-0.4, -0.2) is 49.2 Å². The second-order valence-corrected chi connectivity index (χ2v) is 4.46. The van der Waals surface area contributed by atoms with E-state index in [4.69, 9.17) is 32.7 Å². The van der Waals surface area contributed by atoms with Gasteiger partial charge in [0.25, 0.3) is 0 Å². The van der Waals surface area contributed by atoms with Crippen LogP contribution in [0.15, 0.2) is 10.7 Å². The van der Waals surface area contributed by atoms with Crippen molar-refractivity contribution in [3.63, 3.8) is 0 Å². The standard InChI is InChI=1S/C9H11Cl2NO3/c1-12(2)8-5(10)6(13)7(11)9(8)14-3-4-15-9/h7H,3-4H2,1-2H3/t7-/m1/s1. The average molecular weight is 252 g/mol. The number of hydrogen-bond acceptors (Lipinski definition) is 4. The van der Waals surface area contributed by atoms with Gasteiger partial charge in [-0.05, 0) is 0 Å². The zero-order chi connectivity index (χ0) is 11.2. The van der Waals surface area contributed by atoms with Gasteiger partial charge in [0, 0.05) is 14.1 Å². The molecule has 6 heteroatoms. The number of ketones is 1. The summed E-state index contributed by atoms with van der Waals surface area (Å²) in [5, 5.41) is -0.799. The fourth-order valence-corrected chi connectivity index (χ4v) is 2.70. The summed E-state index contributed by atoms with van der Waals surface area (Å²) in [6, 6.07) is 0. The molecule has 0 aromatic carbocycles. The molecular formula is C9H11Cl2NO3. The molecule has 0 amide bonds. The lowest BCUT2D eigenvalue weighted by molar-refractivity contribution is -0.143. The molecule has 2 aliphatic rings. The molecule has 0 N–H and O–H groups in total. The van der Waals surface area contributed by atoms with E-state index in [1.807, 2.05) is 0 Å². The molecule has 0 radical (unpaired) electrons. The van der Waals surface area contributed by atoms with E-state index in [9.17, 15) is 4.79 Å². The Morgan fingerprint density at radius 3 is 2.40 bits per heavy atom. The molecule has 0 aromatic heterocycles. The number of alkyl halides is 1. The zero-order valence-corrected chi connectivity index (χ0v) is 9.93. The predicted molar refractivity (Wildman–Crippen MR) is 55.8 cm³/mol. The maximum absolute atomic E-state index is 11.7. The third kappa shape index (κ3) is 1.40. The monoisotopic (exact) mass is 251 g/mol. The Balaban J connectivity index is 2.49. The second-order valence-electron chi connectivity index (χ2n) is 3.65. The number of carbonyl (C=O) groups is 1. The summed E-state index contributed by atoms with van der Waals surface area (Å²) >= 11 is 11.9. The highest BCUT2D eigenvalue weighted by Crippen LogP contribution is 2.45. The molecule has 4 nitrogen and oxygen atoms in total. The summed E-state index contributed by atoms with van der Waals surface area (Å²) in [4.78, 5) is 13.4. The van der Waals surface area contributed by atoms with E-state index in [0.29, 0.717) is 18.9 Å². The first-order valence-electron chi connectivity index (χ1n) is 4.54. The van der Waals surface area contributed by atoms with Crippen LogP contribution in [-0.2, 0) is 14.3 Å². The van der Waals surface area contributed by atoms with Crippen molar-refractivity contribution in [2.45, 2.75) is 11.2 Å². The largest absolute Gasteiger partial charge is 0.375 e. The fourth-order valence-electron chi connectivity index (χ4n) is 1.89. The van der Waals surface area contributed by atoms with Crippen molar-refractivity contribution >= 4 is 29.0 Å². The van der Waals surface area contributed by atoms with Gasteiger partial charge in [0.15, 0.2) is 11.2 Å². The van der Waals surface area contributed by atoms with Crippen LogP contribution in [0.1, 0.15) is 0 Å². The molecule has 1 atom stereocenters. The molecule has 1 heterocycles. The fraction of sp³-hybridized carbons (Fsp3) is 0.667. The van der Waals surface area contributed by atoms with Gasteiger partial charge in [-0.15, -0.1) is 11.6 Å². The number of rotatable bonds is 1. The molecule has 1 fully saturated rings. The molecule has 0 saturated carbocycles. The lowest BCUT2D eigenvalue weighted by atomic mass is 10.2. The molecule has 84 valence electrons. The van der Waals surface area contributed by atoms with Gasteiger partial charge in [-0.3, -0.25) is 4.79 Å². The molecular weight excluding hydrogens is 241 g/mol. The third-order valence-electron chi connectivity index (χ3n) is 2.48. The van der Waals surface area contributed by atoms with Gasteiger partial charge in [-0.1, -0.05) is 11.6 Å². The second kappa shape index (κ2) is 3.63. The predicted octanol–water partition coefficient (Wildman–Crippen LogP) is 0.932. The average Bonchev–Trinajstić information content (AvgIpc) is 2.70. The van der Waals surface area contributed by atoms with Crippen LogP contribution in [0.3, 0.4) is 0 Å². The number of hydrogen-bond donors (Lipinski definition) is 0. The van der Waals surface area contributed by atoms with Crippen molar-refractivity contribution in [2.24, 2.45) is 0 Å². The molecule has 1 saturated heterocycles. The summed E-state index contributed by atoms with van der Waals surface area (Å²) < 4.78 is 10.9. The SMILES string of the molecule is CN(C)C1=C(Cl)C(=O)[C@@H](Cl)C12OCCO2. The van der Waals surface area contributed by atoms with E-state index in [-0.39, 0.29) is 10.8 Å². The number of halogens is 2. The minimum atomic E-state index is -1.18. The van der Waals surface area contributed by atoms with Crippen LogP contribution in [0.2, 0.25) is 0 Å². The highest BCUT2D eigenvalue weighted by atomic mass is 35.5.